The maximum absolute atomic E-state index is 11.7. The summed E-state index contributed by atoms with van der Waals surface area (Å²) in [6.45, 7) is 0.227. The van der Waals surface area contributed by atoms with E-state index in [1.807, 2.05) is 6.07 Å². The molecular formula is C14H15N3O4. The number of ether oxygens (including phenoxy) is 1. The van der Waals surface area contributed by atoms with E-state index in [0.717, 1.165) is 0 Å². The lowest BCUT2D eigenvalue weighted by Gasteiger charge is -2.13. The third kappa shape index (κ3) is 3.94. The number of benzene rings is 1. The fourth-order valence-electron chi connectivity index (χ4n) is 2.10. The fraction of sp³-hybridized carbons (Fsp3) is 0.357. The lowest BCUT2D eigenvalue weighted by Crippen LogP contribution is -2.36. The molecule has 1 saturated heterocycles. The summed E-state index contributed by atoms with van der Waals surface area (Å²) >= 11 is 0. The molecule has 110 valence electrons. The van der Waals surface area contributed by atoms with E-state index in [-0.39, 0.29) is 12.6 Å². The molecule has 2 amide bonds. The Kier molecular flexibility index (Phi) is 4.74. The number of anilines is 1. The van der Waals surface area contributed by atoms with Crippen LogP contribution in [-0.2, 0) is 9.53 Å². The quantitative estimate of drug-likeness (QED) is 0.773. The highest BCUT2D eigenvalue weighted by atomic mass is 16.5. The number of nitrogens with one attached hydrogen (secondary N) is 2. The highest BCUT2D eigenvalue weighted by Gasteiger charge is 2.30. The maximum Gasteiger partial charge on any atom is 0.332 e. The topological polar surface area (TPSA) is 111 Å². The van der Waals surface area contributed by atoms with E-state index in [0.29, 0.717) is 24.1 Å². The van der Waals surface area contributed by atoms with Gasteiger partial charge >= 0.3 is 12.0 Å². The Morgan fingerprint density at radius 2 is 2.14 bits per heavy atom. The van der Waals surface area contributed by atoms with Gasteiger partial charge in [0.25, 0.3) is 0 Å². The van der Waals surface area contributed by atoms with Crippen molar-refractivity contribution in [1.82, 2.24) is 5.32 Å². The molecule has 0 spiro atoms. The van der Waals surface area contributed by atoms with Gasteiger partial charge in [-0.2, -0.15) is 5.26 Å². The highest BCUT2D eigenvalue weighted by Crippen LogP contribution is 2.19. The minimum atomic E-state index is -0.982. The standard InChI is InChI=1S/C14H15N3O4/c15-7-9-3-1-2-4-11(9)17-14(20)16-8-10-5-6-12(21-10)13(18)19/h1-4,10,12H,5-6,8H2,(H,18,19)(H2,16,17,20). The first-order valence-corrected chi connectivity index (χ1v) is 6.52. The van der Waals surface area contributed by atoms with Crippen molar-refractivity contribution in [2.24, 2.45) is 0 Å². The molecule has 2 rings (SSSR count). The maximum atomic E-state index is 11.7. The van der Waals surface area contributed by atoms with Crippen LogP contribution in [0.4, 0.5) is 10.5 Å². The number of hydrogen-bond donors (Lipinski definition) is 3. The van der Waals surface area contributed by atoms with Crippen LogP contribution in [0, 0.1) is 11.3 Å². The molecule has 1 fully saturated rings. The van der Waals surface area contributed by atoms with Gasteiger partial charge in [-0.1, -0.05) is 12.1 Å². The zero-order chi connectivity index (χ0) is 15.2. The number of carbonyl (C=O) groups excluding carboxylic acids is 1. The molecule has 0 bridgehead atoms. The van der Waals surface area contributed by atoms with Gasteiger partial charge in [-0.25, -0.2) is 9.59 Å². The van der Waals surface area contributed by atoms with Gasteiger partial charge in [0.05, 0.1) is 17.4 Å². The molecule has 7 nitrogen and oxygen atoms in total. The fourth-order valence-corrected chi connectivity index (χ4v) is 2.10. The third-order valence-corrected chi connectivity index (χ3v) is 3.17. The van der Waals surface area contributed by atoms with Gasteiger partial charge in [-0.15, -0.1) is 0 Å². The SMILES string of the molecule is N#Cc1ccccc1NC(=O)NCC1CCC(C(=O)O)O1. The van der Waals surface area contributed by atoms with Crippen molar-refractivity contribution in [3.8, 4) is 6.07 Å². The number of carboxylic acids is 1. The third-order valence-electron chi connectivity index (χ3n) is 3.17. The minimum absolute atomic E-state index is 0.227. The van der Waals surface area contributed by atoms with Crippen LogP contribution in [0.3, 0.4) is 0 Å². The predicted molar refractivity (Wildman–Crippen MR) is 73.7 cm³/mol. The highest BCUT2D eigenvalue weighted by molar-refractivity contribution is 5.90. The molecule has 2 atom stereocenters. The van der Waals surface area contributed by atoms with Crippen molar-refractivity contribution in [2.45, 2.75) is 25.0 Å². The summed E-state index contributed by atoms with van der Waals surface area (Å²) in [6.07, 6.45) is -0.0608. The number of carbonyl (C=O) groups is 2. The van der Waals surface area contributed by atoms with Crippen LogP contribution in [-0.4, -0.2) is 35.9 Å². The number of rotatable bonds is 4. The van der Waals surface area contributed by atoms with Crippen molar-refractivity contribution >= 4 is 17.7 Å². The molecule has 0 aromatic heterocycles. The van der Waals surface area contributed by atoms with Crippen LogP contribution < -0.4 is 10.6 Å². The molecule has 0 radical (unpaired) electrons. The molecule has 21 heavy (non-hydrogen) atoms. The number of urea groups is 1. The largest absolute Gasteiger partial charge is 0.479 e. The molecule has 1 heterocycles. The molecule has 1 aromatic carbocycles. The van der Waals surface area contributed by atoms with Gasteiger partial charge in [0, 0.05) is 6.54 Å². The van der Waals surface area contributed by atoms with Gasteiger partial charge in [-0.05, 0) is 25.0 Å². The van der Waals surface area contributed by atoms with Crippen molar-refractivity contribution in [1.29, 1.82) is 5.26 Å². The second kappa shape index (κ2) is 6.72. The first kappa shape index (κ1) is 14.8. The molecule has 7 heteroatoms. The summed E-state index contributed by atoms with van der Waals surface area (Å²) in [7, 11) is 0. The molecule has 1 aliphatic heterocycles. The Hall–Kier alpha value is -2.59. The molecule has 3 N–H and O–H groups in total. The lowest BCUT2D eigenvalue weighted by atomic mass is 10.2. The van der Waals surface area contributed by atoms with E-state index < -0.39 is 18.1 Å². The molecule has 1 aromatic rings. The second-order valence-corrected chi connectivity index (χ2v) is 4.65. The summed E-state index contributed by atoms with van der Waals surface area (Å²) in [6, 6.07) is 8.18. The zero-order valence-corrected chi connectivity index (χ0v) is 11.2. The zero-order valence-electron chi connectivity index (χ0n) is 11.2. The van der Waals surface area contributed by atoms with Gasteiger partial charge in [0.1, 0.15) is 6.07 Å². The normalized spacial score (nSPS) is 20.5. The van der Waals surface area contributed by atoms with Crippen LogP contribution in [0.2, 0.25) is 0 Å². The number of nitrogens with zero attached hydrogens (tertiary/aromatic N) is 1. The summed E-state index contributed by atoms with van der Waals surface area (Å²) in [5, 5.41) is 22.9. The first-order chi connectivity index (χ1) is 10.1. The van der Waals surface area contributed by atoms with Gasteiger partial charge < -0.3 is 20.5 Å². The number of carboxylic acid groups (broad SMARTS) is 1. The van der Waals surface area contributed by atoms with E-state index >= 15 is 0 Å². The molecule has 0 aliphatic carbocycles. The van der Waals surface area contributed by atoms with E-state index in [9.17, 15) is 9.59 Å². The van der Waals surface area contributed by atoms with E-state index in [4.69, 9.17) is 15.1 Å². The Bertz CT molecular complexity index is 582. The Balaban J connectivity index is 1.81. The predicted octanol–water partition coefficient (Wildman–Crippen LogP) is 1.31. The summed E-state index contributed by atoms with van der Waals surface area (Å²) < 4.78 is 5.27. The number of para-hydroxylation sites is 1. The Morgan fingerprint density at radius 3 is 2.81 bits per heavy atom. The second-order valence-electron chi connectivity index (χ2n) is 4.65. The Labute approximate surface area is 121 Å². The van der Waals surface area contributed by atoms with Crippen molar-refractivity contribution in [2.75, 3.05) is 11.9 Å². The molecule has 0 saturated carbocycles. The monoisotopic (exact) mass is 289 g/mol. The van der Waals surface area contributed by atoms with Crippen molar-refractivity contribution in [3.05, 3.63) is 29.8 Å². The lowest BCUT2D eigenvalue weighted by molar-refractivity contribution is -0.149. The van der Waals surface area contributed by atoms with Gasteiger partial charge in [0.2, 0.25) is 0 Å². The summed E-state index contributed by atoms with van der Waals surface area (Å²) in [4.78, 5) is 22.5. The van der Waals surface area contributed by atoms with Crippen LogP contribution in [0.15, 0.2) is 24.3 Å². The summed E-state index contributed by atoms with van der Waals surface area (Å²) in [5.41, 5.74) is 0.795. The average Bonchev–Trinajstić information content (AvgIpc) is 2.95. The van der Waals surface area contributed by atoms with Gasteiger partial charge in [0.15, 0.2) is 6.10 Å². The first-order valence-electron chi connectivity index (χ1n) is 6.52. The number of nitriles is 1. The number of amides is 2. The van der Waals surface area contributed by atoms with Gasteiger partial charge in [-0.3, -0.25) is 0 Å². The molecular weight excluding hydrogens is 274 g/mol. The number of aliphatic carboxylic acids is 1. The van der Waals surface area contributed by atoms with Crippen LogP contribution in [0.25, 0.3) is 0 Å². The molecule has 2 unspecified atom stereocenters. The number of hydrogen-bond acceptors (Lipinski definition) is 4. The van der Waals surface area contributed by atoms with E-state index in [2.05, 4.69) is 10.6 Å². The van der Waals surface area contributed by atoms with E-state index in [1.54, 1.807) is 24.3 Å². The van der Waals surface area contributed by atoms with Crippen LogP contribution in [0.5, 0.6) is 0 Å². The van der Waals surface area contributed by atoms with E-state index in [1.165, 1.54) is 0 Å². The van der Waals surface area contributed by atoms with Crippen molar-refractivity contribution in [3.63, 3.8) is 0 Å². The van der Waals surface area contributed by atoms with Crippen LogP contribution in [0.1, 0.15) is 18.4 Å². The summed E-state index contributed by atoms with van der Waals surface area (Å²) in [5.74, 6) is -0.982. The minimum Gasteiger partial charge on any atom is -0.479 e. The Morgan fingerprint density at radius 1 is 1.38 bits per heavy atom. The smallest absolute Gasteiger partial charge is 0.332 e. The molecule has 1 aliphatic rings. The van der Waals surface area contributed by atoms with Crippen LogP contribution >= 0.6 is 0 Å². The van der Waals surface area contributed by atoms with Crippen molar-refractivity contribution < 1.29 is 19.4 Å². The average molecular weight is 289 g/mol.